The molecule has 0 saturated heterocycles. The molecule has 0 spiro atoms. The molecule has 0 fully saturated rings. The molecule has 0 aromatic carbocycles. The fourth-order valence-electron chi connectivity index (χ4n) is 0.512. The van der Waals surface area contributed by atoms with Gasteiger partial charge in [-0.25, -0.2) is 16.8 Å². The molecule has 0 aliphatic carbocycles. The van der Waals surface area contributed by atoms with Crippen molar-refractivity contribution in [2.45, 2.75) is 6.92 Å². The highest BCUT2D eigenvalue weighted by atomic mass is 15.6. The van der Waals surface area contributed by atoms with E-state index in [-0.39, 0.29) is 0 Å². The van der Waals surface area contributed by atoms with Gasteiger partial charge in [0, 0.05) is 5.70 Å². The van der Waals surface area contributed by atoms with E-state index >= 15 is 0 Å². The van der Waals surface area contributed by atoms with Gasteiger partial charge < -0.3 is 11.5 Å². The second-order valence-corrected chi connectivity index (χ2v) is 1.83. The van der Waals surface area contributed by atoms with E-state index in [4.69, 9.17) is 23.2 Å². The lowest BCUT2D eigenvalue weighted by Gasteiger charge is -2.13. The molecule has 10 heavy (non-hydrogen) atoms. The summed E-state index contributed by atoms with van der Waals surface area (Å²) in [5.41, 5.74) is 11.5. The molecule has 0 heterocycles. The first-order valence-corrected chi connectivity index (χ1v) is 2.73. The molecular formula is C5H13N5. The van der Waals surface area contributed by atoms with Crippen LogP contribution in [0.3, 0.4) is 0 Å². The molecule has 0 radical (unpaired) electrons. The van der Waals surface area contributed by atoms with Gasteiger partial charge in [0.1, 0.15) is 0 Å². The summed E-state index contributed by atoms with van der Waals surface area (Å²) >= 11 is 0. The van der Waals surface area contributed by atoms with E-state index in [1.54, 1.807) is 6.92 Å². The summed E-state index contributed by atoms with van der Waals surface area (Å²) in [6.07, 6.45) is 2.84. The highest BCUT2D eigenvalue weighted by molar-refractivity contribution is 5.19. The monoisotopic (exact) mass is 143 g/mol. The Kier molecular flexibility index (Phi) is 3.30. The first kappa shape index (κ1) is 8.80. The maximum absolute atomic E-state index is 5.39. The smallest absolute Gasteiger partial charge is 0.0895 e. The van der Waals surface area contributed by atoms with Crippen LogP contribution in [0.4, 0.5) is 0 Å². The number of allylic oxidation sites excluding steroid dienone is 2. The average Bonchev–Trinajstić information content (AvgIpc) is 1.81. The molecule has 0 aromatic heterocycles. The molecule has 0 aliphatic rings. The maximum atomic E-state index is 5.39. The molecule has 0 saturated carbocycles. The minimum atomic E-state index is 0.502. The zero-order valence-corrected chi connectivity index (χ0v) is 5.91. The van der Waals surface area contributed by atoms with Crippen molar-refractivity contribution in [3.05, 3.63) is 23.7 Å². The molecule has 5 heteroatoms. The van der Waals surface area contributed by atoms with E-state index in [9.17, 15) is 0 Å². The molecular weight excluding hydrogens is 130 g/mol. The molecule has 0 atom stereocenters. The zero-order chi connectivity index (χ0) is 8.15. The minimum absolute atomic E-state index is 0.502. The van der Waals surface area contributed by atoms with E-state index in [1.165, 1.54) is 12.3 Å². The normalized spacial score (nSPS) is 13.5. The highest BCUT2D eigenvalue weighted by Crippen LogP contribution is 1.98. The third-order valence-electron chi connectivity index (χ3n) is 0.936. The number of rotatable bonds is 2. The first-order chi connectivity index (χ1) is 4.59. The Morgan fingerprint density at radius 3 is 2.00 bits per heavy atom. The van der Waals surface area contributed by atoms with Crippen molar-refractivity contribution in [3.8, 4) is 0 Å². The summed E-state index contributed by atoms with van der Waals surface area (Å²) in [4.78, 5) is 0. The van der Waals surface area contributed by atoms with E-state index in [2.05, 4.69) is 0 Å². The van der Waals surface area contributed by atoms with Gasteiger partial charge in [-0.3, -0.25) is 0 Å². The van der Waals surface area contributed by atoms with Gasteiger partial charge in [-0.15, -0.1) is 0 Å². The Morgan fingerprint density at radius 1 is 1.40 bits per heavy atom. The molecule has 0 rings (SSSR count). The number of hydrogen-bond donors (Lipinski definition) is 4. The topological polar surface area (TPSA) is 107 Å². The van der Waals surface area contributed by atoms with Gasteiger partial charge in [0.05, 0.1) is 5.70 Å². The average molecular weight is 143 g/mol. The lowest BCUT2D eigenvalue weighted by Crippen LogP contribution is -2.37. The van der Waals surface area contributed by atoms with Crippen LogP contribution in [0, 0.1) is 0 Å². The van der Waals surface area contributed by atoms with Gasteiger partial charge in [-0.05, 0) is 19.2 Å². The van der Waals surface area contributed by atoms with Crippen LogP contribution in [0.15, 0.2) is 23.7 Å². The summed E-state index contributed by atoms with van der Waals surface area (Å²) in [6, 6.07) is 0. The van der Waals surface area contributed by atoms with E-state index in [1.807, 2.05) is 0 Å². The molecule has 0 aliphatic heterocycles. The van der Waals surface area contributed by atoms with Crippen molar-refractivity contribution in [1.82, 2.24) is 5.12 Å². The SMILES string of the molecule is C/C(N)=C(\C=C/N)N(N)N. The van der Waals surface area contributed by atoms with Crippen LogP contribution < -0.4 is 23.2 Å². The Morgan fingerprint density at radius 2 is 1.90 bits per heavy atom. The van der Waals surface area contributed by atoms with Gasteiger partial charge in [0.25, 0.3) is 0 Å². The summed E-state index contributed by atoms with van der Waals surface area (Å²) in [5.74, 6) is 10.4. The maximum Gasteiger partial charge on any atom is 0.0895 e. The van der Waals surface area contributed by atoms with E-state index < -0.39 is 0 Å². The lowest BCUT2D eigenvalue weighted by molar-refractivity contribution is 0.384. The van der Waals surface area contributed by atoms with Gasteiger partial charge in [-0.2, -0.15) is 0 Å². The number of hydrazine groups is 2. The van der Waals surface area contributed by atoms with Crippen LogP contribution in [-0.4, -0.2) is 5.12 Å². The van der Waals surface area contributed by atoms with Crippen molar-refractivity contribution in [3.63, 3.8) is 0 Å². The quantitative estimate of drug-likeness (QED) is 0.218. The molecule has 0 unspecified atom stereocenters. The van der Waals surface area contributed by atoms with Crippen molar-refractivity contribution < 1.29 is 0 Å². The second kappa shape index (κ2) is 3.76. The predicted molar refractivity (Wildman–Crippen MR) is 40.4 cm³/mol. The highest BCUT2D eigenvalue weighted by Gasteiger charge is 1.97. The summed E-state index contributed by atoms with van der Waals surface area (Å²) in [5, 5.41) is 0.915. The third-order valence-corrected chi connectivity index (χ3v) is 0.936. The molecule has 0 amide bonds. The minimum Gasteiger partial charge on any atom is -0.405 e. The summed E-state index contributed by atoms with van der Waals surface area (Å²) < 4.78 is 0. The largest absolute Gasteiger partial charge is 0.405 e. The molecule has 0 aromatic rings. The number of nitrogens with zero attached hydrogens (tertiary/aromatic N) is 1. The van der Waals surface area contributed by atoms with Crippen LogP contribution >= 0.6 is 0 Å². The van der Waals surface area contributed by atoms with E-state index in [0.29, 0.717) is 11.4 Å². The molecule has 58 valence electrons. The van der Waals surface area contributed by atoms with Crippen molar-refractivity contribution in [2.24, 2.45) is 23.2 Å². The van der Waals surface area contributed by atoms with Crippen LogP contribution in [-0.2, 0) is 0 Å². The lowest BCUT2D eigenvalue weighted by atomic mass is 10.3. The van der Waals surface area contributed by atoms with Crippen LogP contribution in [0.1, 0.15) is 6.92 Å². The van der Waals surface area contributed by atoms with Gasteiger partial charge in [-0.1, -0.05) is 0 Å². The Hall–Kier alpha value is -1.20. The fraction of sp³-hybridized carbons (Fsp3) is 0.200. The third kappa shape index (κ3) is 2.38. The Bertz CT molecular complexity index is 153. The molecule has 0 bridgehead atoms. The van der Waals surface area contributed by atoms with Crippen LogP contribution in [0.5, 0.6) is 0 Å². The molecule has 8 N–H and O–H groups in total. The van der Waals surface area contributed by atoms with Gasteiger partial charge in [0.2, 0.25) is 0 Å². The standard InChI is InChI=1S/C5H13N5/c1-4(7)5(2-3-6)10(8)9/h2-3H,6-9H2,1H3/b3-2-,5-4-. The summed E-state index contributed by atoms with van der Waals surface area (Å²) in [6.45, 7) is 1.68. The predicted octanol–water partition coefficient (Wildman–Crippen LogP) is -1.30. The van der Waals surface area contributed by atoms with Crippen molar-refractivity contribution in [1.29, 1.82) is 0 Å². The Labute approximate surface area is 59.9 Å². The van der Waals surface area contributed by atoms with Crippen molar-refractivity contribution >= 4 is 0 Å². The second-order valence-electron chi connectivity index (χ2n) is 1.83. The van der Waals surface area contributed by atoms with E-state index in [0.717, 1.165) is 5.12 Å². The first-order valence-electron chi connectivity index (χ1n) is 2.73. The number of nitrogens with two attached hydrogens (primary N) is 4. The van der Waals surface area contributed by atoms with Crippen LogP contribution in [0.2, 0.25) is 0 Å². The Balaban J connectivity index is 4.44. The molecule has 5 nitrogen and oxygen atoms in total. The summed E-state index contributed by atoms with van der Waals surface area (Å²) in [7, 11) is 0. The fourth-order valence-corrected chi connectivity index (χ4v) is 0.512. The van der Waals surface area contributed by atoms with Crippen LogP contribution in [0.25, 0.3) is 0 Å². The zero-order valence-electron chi connectivity index (χ0n) is 5.91. The van der Waals surface area contributed by atoms with Gasteiger partial charge in [0.15, 0.2) is 0 Å². The van der Waals surface area contributed by atoms with Gasteiger partial charge >= 0.3 is 0 Å². The number of hydrogen-bond acceptors (Lipinski definition) is 5. The van der Waals surface area contributed by atoms with Crippen molar-refractivity contribution in [2.75, 3.05) is 0 Å².